The Morgan fingerprint density at radius 2 is 1.14 bits per heavy atom. The smallest absolute Gasteiger partial charge is 0.200 e. The second kappa shape index (κ2) is 5.92. The van der Waals surface area contributed by atoms with Crippen molar-refractivity contribution in [2.45, 2.75) is 96.7 Å². The minimum Gasteiger partial charge on any atom is -0.415 e. The van der Waals surface area contributed by atoms with E-state index in [0.717, 1.165) is 41.0 Å². The maximum Gasteiger partial charge on any atom is 0.200 e. The quantitative estimate of drug-likeness (QED) is 0.514. The van der Waals surface area contributed by atoms with Crippen molar-refractivity contribution >= 4 is 8.32 Å². The summed E-state index contributed by atoms with van der Waals surface area (Å²) in [6.45, 7) is 15.6. The Hall–Kier alpha value is 0.177. The summed E-state index contributed by atoms with van der Waals surface area (Å²) < 4.78 is 7.04. The molecule has 0 aromatic carbocycles. The van der Waals surface area contributed by atoms with E-state index in [-0.39, 0.29) is 0 Å². The molecule has 2 heteroatoms. The Morgan fingerprint density at radius 3 is 1.45 bits per heavy atom. The summed E-state index contributed by atoms with van der Waals surface area (Å²) in [5.74, 6) is 3.13. The van der Waals surface area contributed by atoms with Crippen LogP contribution in [0.3, 0.4) is 0 Å². The minimum atomic E-state index is -1.68. The lowest BCUT2D eigenvalue weighted by Crippen LogP contribution is -2.53. The highest BCUT2D eigenvalue weighted by Crippen LogP contribution is 2.60. The van der Waals surface area contributed by atoms with Crippen molar-refractivity contribution in [3.05, 3.63) is 0 Å². The van der Waals surface area contributed by atoms with Gasteiger partial charge >= 0.3 is 0 Å². The van der Waals surface area contributed by atoms with Crippen LogP contribution in [-0.2, 0) is 4.43 Å². The molecule has 0 atom stereocenters. The topological polar surface area (TPSA) is 9.23 Å². The summed E-state index contributed by atoms with van der Waals surface area (Å²) in [4.78, 5) is 0. The van der Waals surface area contributed by atoms with Crippen LogP contribution in [0.15, 0.2) is 0 Å². The van der Waals surface area contributed by atoms with E-state index in [0.29, 0.717) is 5.41 Å². The highest BCUT2D eigenvalue weighted by atomic mass is 28.4. The highest BCUT2D eigenvalue weighted by molar-refractivity contribution is 6.77. The molecule has 4 aliphatic rings. The highest BCUT2D eigenvalue weighted by Gasteiger charge is 2.53. The van der Waals surface area contributed by atoms with Crippen molar-refractivity contribution < 1.29 is 4.43 Å². The van der Waals surface area contributed by atoms with Crippen molar-refractivity contribution in [1.29, 1.82) is 0 Å². The molecule has 0 unspecified atom stereocenters. The van der Waals surface area contributed by atoms with Gasteiger partial charge in [-0.1, -0.05) is 41.5 Å². The Bertz CT molecular complexity index is 341. The van der Waals surface area contributed by atoms with Crippen LogP contribution in [-0.4, -0.2) is 14.9 Å². The van der Waals surface area contributed by atoms with E-state index in [1.54, 1.807) is 19.3 Å². The maximum atomic E-state index is 7.04. The van der Waals surface area contributed by atoms with Crippen molar-refractivity contribution in [2.75, 3.05) is 6.61 Å². The van der Waals surface area contributed by atoms with Gasteiger partial charge in [-0.25, -0.2) is 0 Å². The average Bonchev–Trinajstić information content (AvgIpc) is 2.35. The van der Waals surface area contributed by atoms with Gasteiger partial charge in [-0.05, 0) is 78.3 Å². The average molecular weight is 323 g/mol. The first-order valence-electron chi connectivity index (χ1n) is 9.91. The van der Waals surface area contributed by atoms with Crippen LogP contribution in [0.1, 0.15) is 80.1 Å². The van der Waals surface area contributed by atoms with Gasteiger partial charge in [-0.2, -0.15) is 0 Å². The van der Waals surface area contributed by atoms with Crippen molar-refractivity contribution in [3.63, 3.8) is 0 Å². The molecule has 22 heavy (non-hydrogen) atoms. The zero-order chi connectivity index (χ0) is 16.1. The molecule has 128 valence electrons. The Morgan fingerprint density at radius 1 is 0.773 bits per heavy atom. The van der Waals surface area contributed by atoms with Crippen LogP contribution in [0.5, 0.6) is 0 Å². The van der Waals surface area contributed by atoms with Gasteiger partial charge in [0, 0.05) is 6.61 Å². The molecule has 1 nitrogen and oxygen atoms in total. The maximum absolute atomic E-state index is 7.04. The third-order valence-electron chi connectivity index (χ3n) is 7.50. The van der Waals surface area contributed by atoms with Crippen LogP contribution in [0.4, 0.5) is 0 Å². The minimum absolute atomic E-state index is 0.575. The van der Waals surface area contributed by atoms with Gasteiger partial charge in [0.2, 0.25) is 0 Å². The molecular weight excluding hydrogens is 284 g/mol. The molecule has 4 aliphatic carbocycles. The van der Waals surface area contributed by atoms with E-state index >= 15 is 0 Å². The summed E-state index contributed by atoms with van der Waals surface area (Å²) in [6.07, 6.45) is 9.08. The summed E-state index contributed by atoms with van der Waals surface area (Å²) >= 11 is 0. The van der Waals surface area contributed by atoms with Gasteiger partial charge in [-0.15, -0.1) is 0 Å². The van der Waals surface area contributed by atoms with Crippen molar-refractivity contribution in [2.24, 2.45) is 23.2 Å². The molecule has 0 aliphatic heterocycles. The molecule has 4 fully saturated rings. The summed E-state index contributed by atoms with van der Waals surface area (Å²) in [6, 6.07) is 0. The van der Waals surface area contributed by atoms with Gasteiger partial charge in [0.15, 0.2) is 8.32 Å². The molecule has 0 saturated heterocycles. The van der Waals surface area contributed by atoms with Crippen LogP contribution in [0, 0.1) is 23.2 Å². The Labute approximate surface area is 139 Å². The first-order valence-corrected chi connectivity index (χ1v) is 12.1. The molecule has 0 heterocycles. The van der Waals surface area contributed by atoms with Crippen LogP contribution < -0.4 is 0 Å². The fourth-order valence-corrected chi connectivity index (χ4v) is 12.8. The van der Waals surface area contributed by atoms with Gasteiger partial charge in [0.25, 0.3) is 0 Å². The van der Waals surface area contributed by atoms with E-state index in [1.807, 2.05) is 0 Å². The fraction of sp³-hybridized carbons (Fsp3) is 1.00. The molecule has 4 rings (SSSR count). The van der Waals surface area contributed by atoms with Crippen molar-refractivity contribution in [3.8, 4) is 0 Å². The van der Waals surface area contributed by atoms with Gasteiger partial charge in [0.1, 0.15) is 0 Å². The second-order valence-corrected chi connectivity index (χ2v) is 15.5. The van der Waals surface area contributed by atoms with Crippen LogP contribution in [0.25, 0.3) is 0 Å². The lowest BCUT2D eigenvalue weighted by atomic mass is 9.50. The SMILES string of the molecule is CC(C)[Si](OCC12CC3CC(CC(C3)C1)C2)(C(C)C)C(C)C. The summed E-state index contributed by atoms with van der Waals surface area (Å²) in [7, 11) is -1.68. The molecule has 4 bridgehead atoms. The fourth-order valence-electron chi connectivity index (χ4n) is 7.24. The molecule has 0 radical (unpaired) electrons. The molecule has 0 N–H and O–H groups in total. The van der Waals surface area contributed by atoms with E-state index < -0.39 is 8.32 Å². The molecule has 0 aromatic rings. The lowest BCUT2D eigenvalue weighted by molar-refractivity contribution is -0.0774. The van der Waals surface area contributed by atoms with Crippen LogP contribution >= 0.6 is 0 Å². The summed E-state index contributed by atoms with van der Waals surface area (Å²) in [5, 5.41) is 0. The molecule has 4 saturated carbocycles. The standard InChI is InChI=1S/C20H38OSi/c1-14(2)22(15(3)4,16(5)6)21-13-20-10-17-7-18(11-20)9-19(8-17)12-20/h14-19H,7-13H2,1-6H3. The number of rotatable bonds is 6. The third-order valence-corrected chi connectivity index (χ3v) is 13.6. The molecule has 0 aromatic heterocycles. The van der Waals surface area contributed by atoms with Crippen molar-refractivity contribution in [1.82, 2.24) is 0 Å². The molecule has 0 spiro atoms. The van der Waals surface area contributed by atoms with Crippen LogP contribution in [0.2, 0.25) is 16.6 Å². The first-order chi connectivity index (χ1) is 10.3. The predicted octanol–water partition coefficient (Wildman–Crippen LogP) is 6.39. The lowest BCUT2D eigenvalue weighted by Gasteiger charge is -2.58. The zero-order valence-corrected chi connectivity index (χ0v) is 16.8. The monoisotopic (exact) mass is 322 g/mol. The van der Waals surface area contributed by atoms with E-state index in [1.165, 1.54) is 19.3 Å². The normalized spacial score (nSPS) is 37.8. The first kappa shape index (κ1) is 17.0. The predicted molar refractivity (Wildman–Crippen MR) is 97.6 cm³/mol. The van der Waals surface area contributed by atoms with E-state index in [2.05, 4.69) is 41.5 Å². The Balaban J connectivity index is 1.75. The van der Waals surface area contributed by atoms with Gasteiger partial charge in [-0.3, -0.25) is 0 Å². The zero-order valence-electron chi connectivity index (χ0n) is 15.8. The number of hydrogen-bond donors (Lipinski definition) is 0. The molecule has 0 amide bonds. The van der Waals surface area contributed by atoms with Gasteiger partial charge in [0.05, 0.1) is 0 Å². The third kappa shape index (κ3) is 2.73. The second-order valence-electron chi connectivity index (χ2n) is 10.0. The summed E-state index contributed by atoms with van der Waals surface area (Å²) in [5.41, 5.74) is 2.75. The Kier molecular flexibility index (Phi) is 4.57. The van der Waals surface area contributed by atoms with E-state index in [9.17, 15) is 0 Å². The van der Waals surface area contributed by atoms with Gasteiger partial charge < -0.3 is 4.43 Å². The number of hydrogen-bond acceptors (Lipinski definition) is 1. The van der Waals surface area contributed by atoms with E-state index in [4.69, 9.17) is 4.43 Å². The largest absolute Gasteiger partial charge is 0.415 e. The molecular formula is C20H38OSi.